The number of ether oxygens (including phenoxy) is 1. The lowest BCUT2D eigenvalue weighted by molar-refractivity contribution is -0.189. The van der Waals surface area contributed by atoms with Gasteiger partial charge in [0.25, 0.3) is 5.91 Å². The van der Waals surface area contributed by atoms with Gasteiger partial charge in [0.2, 0.25) is 0 Å². The van der Waals surface area contributed by atoms with E-state index in [4.69, 9.17) is 16.3 Å². The Bertz CT molecular complexity index is 1200. The van der Waals surface area contributed by atoms with Gasteiger partial charge < -0.3 is 10.1 Å². The second-order valence-corrected chi connectivity index (χ2v) is 7.51. The molecule has 3 rings (SSSR count). The molecule has 1 aromatic heterocycles. The summed E-state index contributed by atoms with van der Waals surface area (Å²) in [5.41, 5.74) is -0.139. The molecule has 1 atom stereocenters. The van der Waals surface area contributed by atoms with Crippen LogP contribution in [-0.4, -0.2) is 28.2 Å². The summed E-state index contributed by atoms with van der Waals surface area (Å²) in [5, 5.41) is 1.99. The lowest BCUT2D eigenvalue weighted by atomic mass is 10.1. The van der Waals surface area contributed by atoms with Gasteiger partial charge in [-0.25, -0.2) is 13.8 Å². The Kier molecular flexibility index (Phi) is 6.87. The highest BCUT2D eigenvalue weighted by Gasteiger charge is 2.39. The Hall–Kier alpha value is -3.27. The molecule has 0 radical (unpaired) electrons. The van der Waals surface area contributed by atoms with Gasteiger partial charge in [-0.05, 0) is 45.0 Å². The molecule has 174 valence electrons. The van der Waals surface area contributed by atoms with E-state index in [1.807, 2.05) is 0 Å². The van der Waals surface area contributed by atoms with Crippen LogP contribution < -0.4 is 10.1 Å². The molecule has 1 N–H and O–H groups in total. The van der Waals surface area contributed by atoms with Crippen molar-refractivity contribution in [1.82, 2.24) is 9.97 Å². The SMILES string of the molecule is Cc1ncc(-c2cc(O[C@@H](C)C(F)(F)F)c(C(=O)Nc3c(F)cccc3Cl)cc2F)nc1C. The molecule has 33 heavy (non-hydrogen) atoms. The Morgan fingerprint density at radius 2 is 1.82 bits per heavy atom. The number of hydrogen-bond donors (Lipinski definition) is 1. The third-order valence-corrected chi connectivity index (χ3v) is 5.06. The van der Waals surface area contributed by atoms with Crippen LogP contribution in [0.1, 0.15) is 28.7 Å². The molecule has 2 aromatic carbocycles. The van der Waals surface area contributed by atoms with Crippen molar-refractivity contribution in [2.45, 2.75) is 33.1 Å². The molecule has 0 spiro atoms. The van der Waals surface area contributed by atoms with E-state index in [1.54, 1.807) is 13.8 Å². The van der Waals surface area contributed by atoms with E-state index >= 15 is 0 Å². The quantitative estimate of drug-likeness (QED) is 0.432. The van der Waals surface area contributed by atoms with Crippen LogP contribution in [0.2, 0.25) is 5.02 Å². The van der Waals surface area contributed by atoms with Crippen molar-refractivity contribution in [2.24, 2.45) is 0 Å². The summed E-state index contributed by atoms with van der Waals surface area (Å²) in [6.07, 6.45) is -5.85. The zero-order chi connectivity index (χ0) is 24.5. The molecule has 1 heterocycles. The molecule has 1 amide bonds. The van der Waals surface area contributed by atoms with E-state index in [0.29, 0.717) is 17.5 Å². The van der Waals surface area contributed by atoms with Crippen LogP contribution in [0.15, 0.2) is 36.5 Å². The molecule has 0 aliphatic rings. The smallest absolute Gasteiger partial charge is 0.425 e. The minimum atomic E-state index is -4.77. The molecule has 3 aromatic rings. The van der Waals surface area contributed by atoms with E-state index in [2.05, 4.69) is 15.3 Å². The number of hydrogen-bond acceptors (Lipinski definition) is 4. The summed E-state index contributed by atoms with van der Waals surface area (Å²) in [6, 6.07) is 5.23. The largest absolute Gasteiger partial charge is 0.480 e. The van der Waals surface area contributed by atoms with Gasteiger partial charge in [-0.15, -0.1) is 0 Å². The molecular formula is C22H17ClF5N3O2. The lowest BCUT2D eigenvalue weighted by Crippen LogP contribution is -2.32. The van der Waals surface area contributed by atoms with Gasteiger partial charge in [0.15, 0.2) is 6.10 Å². The predicted molar refractivity (Wildman–Crippen MR) is 112 cm³/mol. The van der Waals surface area contributed by atoms with Crippen LogP contribution in [0.25, 0.3) is 11.3 Å². The highest BCUT2D eigenvalue weighted by molar-refractivity contribution is 6.34. The number of para-hydroxylation sites is 1. The summed E-state index contributed by atoms with van der Waals surface area (Å²) in [4.78, 5) is 21.0. The lowest BCUT2D eigenvalue weighted by Gasteiger charge is -2.21. The van der Waals surface area contributed by atoms with Gasteiger partial charge in [0, 0.05) is 5.56 Å². The van der Waals surface area contributed by atoms with E-state index in [-0.39, 0.29) is 16.3 Å². The summed E-state index contributed by atoms with van der Waals surface area (Å²) in [7, 11) is 0. The third-order valence-electron chi connectivity index (χ3n) is 4.75. The number of halogens is 6. The van der Waals surface area contributed by atoms with Crippen molar-refractivity contribution in [2.75, 3.05) is 5.32 Å². The number of nitrogens with one attached hydrogen (secondary N) is 1. The Balaban J connectivity index is 2.10. The average molecular weight is 486 g/mol. The van der Waals surface area contributed by atoms with Crippen molar-refractivity contribution < 1.29 is 31.5 Å². The van der Waals surface area contributed by atoms with Gasteiger partial charge in [0.05, 0.1) is 39.6 Å². The number of alkyl halides is 3. The fraction of sp³-hybridized carbons (Fsp3) is 0.227. The van der Waals surface area contributed by atoms with Gasteiger partial charge in [-0.1, -0.05) is 17.7 Å². The second-order valence-electron chi connectivity index (χ2n) is 7.11. The zero-order valence-electron chi connectivity index (χ0n) is 17.5. The monoisotopic (exact) mass is 485 g/mol. The van der Waals surface area contributed by atoms with Crippen molar-refractivity contribution in [3.63, 3.8) is 0 Å². The van der Waals surface area contributed by atoms with Gasteiger partial charge in [-0.2, -0.15) is 13.2 Å². The number of nitrogens with zero attached hydrogens (tertiary/aromatic N) is 2. The summed E-state index contributed by atoms with van der Waals surface area (Å²) < 4.78 is 73.4. The molecule has 0 unspecified atom stereocenters. The maximum Gasteiger partial charge on any atom is 0.425 e. The first kappa shape index (κ1) is 24.4. The van der Waals surface area contributed by atoms with Crippen LogP contribution in [0, 0.1) is 25.5 Å². The summed E-state index contributed by atoms with van der Waals surface area (Å²) >= 11 is 5.89. The number of carbonyl (C=O) groups is 1. The van der Waals surface area contributed by atoms with E-state index in [9.17, 15) is 26.7 Å². The fourth-order valence-corrected chi connectivity index (χ4v) is 2.96. The number of aromatic nitrogens is 2. The summed E-state index contributed by atoms with van der Waals surface area (Å²) in [6.45, 7) is 4.05. The number of rotatable bonds is 5. The summed E-state index contributed by atoms with van der Waals surface area (Å²) in [5.74, 6) is -3.56. The minimum Gasteiger partial charge on any atom is -0.480 e. The van der Waals surface area contributed by atoms with Crippen molar-refractivity contribution in [1.29, 1.82) is 0 Å². The number of aryl methyl sites for hydroxylation is 2. The molecule has 0 aliphatic carbocycles. The van der Waals surface area contributed by atoms with E-state index in [1.165, 1.54) is 18.3 Å². The Morgan fingerprint density at radius 1 is 1.12 bits per heavy atom. The van der Waals surface area contributed by atoms with Crippen LogP contribution in [0.4, 0.5) is 27.6 Å². The van der Waals surface area contributed by atoms with Crippen LogP contribution in [0.3, 0.4) is 0 Å². The fourth-order valence-electron chi connectivity index (χ4n) is 2.75. The van der Waals surface area contributed by atoms with Crippen LogP contribution in [-0.2, 0) is 0 Å². The average Bonchev–Trinajstić information content (AvgIpc) is 2.73. The molecule has 0 saturated carbocycles. The first-order chi connectivity index (χ1) is 15.4. The van der Waals surface area contributed by atoms with Gasteiger partial charge >= 0.3 is 6.18 Å². The van der Waals surface area contributed by atoms with Gasteiger partial charge in [-0.3, -0.25) is 9.78 Å². The molecule has 5 nitrogen and oxygen atoms in total. The number of benzene rings is 2. The zero-order valence-corrected chi connectivity index (χ0v) is 18.3. The van der Waals surface area contributed by atoms with Crippen LogP contribution in [0.5, 0.6) is 5.75 Å². The van der Waals surface area contributed by atoms with E-state index < -0.39 is 46.8 Å². The number of anilines is 1. The number of carbonyl (C=O) groups excluding carboxylic acids is 1. The minimum absolute atomic E-state index is 0.0317. The molecule has 0 bridgehead atoms. The molecule has 11 heteroatoms. The molecule has 0 fully saturated rings. The maximum absolute atomic E-state index is 15.0. The normalized spacial score (nSPS) is 12.4. The first-order valence-corrected chi connectivity index (χ1v) is 9.89. The van der Waals surface area contributed by atoms with Crippen molar-refractivity contribution in [3.05, 3.63) is 70.1 Å². The topological polar surface area (TPSA) is 64.1 Å². The molecule has 0 aliphatic heterocycles. The Morgan fingerprint density at radius 3 is 2.42 bits per heavy atom. The molecular weight excluding hydrogens is 469 g/mol. The highest BCUT2D eigenvalue weighted by atomic mass is 35.5. The van der Waals surface area contributed by atoms with Crippen LogP contribution >= 0.6 is 11.6 Å². The second kappa shape index (κ2) is 9.30. The maximum atomic E-state index is 15.0. The first-order valence-electron chi connectivity index (χ1n) is 9.51. The van der Waals surface area contributed by atoms with Gasteiger partial charge in [0.1, 0.15) is 17.4 Å². The standard InChI is InChI=1S/C22H17ClF5N3O2/c1-10-11(2)30-18(9-29-10)13-8-19(33-12(3)22(26,27)28)14(7-17(13)25)21(32)31-20-15(23)5-4-6-16(20)24/h4-9,12H,1-3H3,(H,31,32)/t12-/m0/s1. The van der Waals surface area contributed by atoms with Crippen molar-refractivity contribution in [3.8, 4) is 17.0 Å². The van der Waals surface area contributed by atoms with E-state index in [0.717, 1.165) is 19.1 Å². The number of amides is 1. The molecule has 0 saturated heterocycles. The predicted octanol–water partition coefficient (Wildman–Crippen LogP) is 6.27. The van der Waals surface area contributed by atoms with Crippen molar-refractivity contribution >= 4 is 23.2 Å². The Labute approximate surface area is 190 Å². The highest BCUT2D eigenvalue weighted by Crippen LogP contribution is 2.34. The third kappa shape index (κ3) is 5.39.